The lowest BCUT2D eigenvalue weighted by Gasteiger charge is -2.37. The number of piperidine rings is 1. The maximum absolute atomic E-state index is 5.75. The third-order valence-corrected chi connectivity index (χ3v) is 5.52. The Morgan fingerprint density at radius 1 is 1.35 bits per heavy atom. The average Bonchev–Trinajstić information content (AvgIpc) is 2.94. The largest absolute Gasteiger partial charge is 0.345 e. The van der Waals surface area contributed by atoms with Crippen LogP contribution in [0.1, 0.15) is 42.7 Å². The predicted molar refractivity (Wildman–Crippen MR) is 72.5 cm³/mol. The van der Waals surface area contributed by atoms with E-state index in [1.807, 2.05) is 0 Å². The lowest BCUT2D eigenvalue weighted by Crippen LogP contribution is -2.42. The molecule has 1 aromatic rings. The van der Waals surface area contributed by atoms with E-state index in [4.69, 9.17) is 10.7 Å². The summed E-state index contributed by atoms with van der Waals surface area (Å²) < 4.78 is 0. The minimum Gasteiger partial charge on any atom is -0.345 e. The molecule has 3 rings (SSSR count). The summed E-state index contributed by atoms with van der Waals surface area (Å²) in [5, 5.41) is 1.22. The van der Waals surface area contributed by atoms with Crippen LogP contribution in [0.4, 0.5) is 5.13 Å². The van der Waals surface area contributed by atoms with Crippen LogP contribution in [0.25, 0.3) is 0 Å². The van der Waals surface area contributed by atoms with Gasteiger partial charge in [0.2, 0.25) is 0 Å². The van der Waals surface area contributed by atoms with Gasteiger partial charge in [0.05, 0.1) is 5.69 Å². The van der Waals surface area contributed by atoms with Gasteiger partial charge < -0.3 is 10.6 Å². The van der Waals surface area contributed by atoms with Gasteiger partial charge in [0.25, 0.3) is 0 Å². The van der Waals surface area contributed by atoms with Gasteiger partial charge in [0.1, 0.15) is 0 Å². The molecule has 0 bridgehead atoms. The van der Waals surface area contributed by atoms with Gasteiger partial charge in [-0.3, -0.25) is 0 Å². The highest BCUT2D eigenvalue weighted by atomic mass is 32.1. The Labute approximate surface area is 107 Å². The van der Waals surface area contributed by atoms with Crippen LogP contribution in [0.15, 0.2) is 0 Å². The zero-order valence-electron chi connectivity index (χ0n) is 10.5. The number of aryl methyl sites for hydroxylation is 1. The fraction of sp³-hybridized carbons (Fsp3) is 0.769. The molecule has 0 amide bonds. The van der Waals surface area contributed by atoms with Crippen LogP contribution in [0.5, 0.6) is 0 Å². The highest BCUT2D eigenvalue weighted by Crippen LogP contribution is 2.40. The smallest absolute Gasteiger partial charge is 0.186 e. The SMILES string of the molecule is Cc1nc(N2CCCC3CCCC32)sc1CN. The molecule has 3 nitrogen and oxygen atoms in total. The average molecular weight is 251 g/mol. The molecule has 2 N–H and O–H groups in total. The molecule has 2 atom stereocenters. The Balaban J connectivity index is 1.86. The molecule has 1 saturated heterocycles. The molecule has 0 aromatic carbocycles. The molecule has 0 radical (unpaired) electrons. The van der Waals surface area contributed by atoms with E-state index < -0.39 is 0 Å². The first-order valence-corrected chi connectivity index (χ1v) is 7.54. The molecular formula is C13H21N3S. The maximum atomic E-state index is 5.75. The summed E-state index contributed by atoms with van der Waals surface area (Å²) in [7, 11) is 0. The number of thiazole rings is 1. The van der Waals surface area contributed by atoms with Gasteiger partial charge in [-0.15, -0.1) is 11.3 Å². The molecule has 1 aliphatic carbocycles. The van der Waals surface area contributed by atoms with Crippen molar-refractivity contribution in [3.05, 3.63) is 10.6 Å². The monoisotopic (exact) mass is 251 g/mol. The Kier molecular flexibility index (Phi) is 3.09. The minimum atomic E-state index is 0.630. The minimum absolute atomic E-state index is 0.630. The number of anilines is 1. The summed E-state index contributed by atoms with van der Waals surface area (Å²) in [4.78, 5) is 8.55. The molecule has 94 valence electrons. The second kappa shape index (κ2) is 4.58. The third-order valence-electron chi connectivity index (χ3n) is 4.31. The molecule has 2 fully saturated rings. The standard InChI is InChI=1S/C13H21N3S/c1-9-12(8-14)17-13(15-9)16-7-3-5-10-4-2-6-11(10)16/h10-11H,2-8,14H2,1H3. The topological polar surface area (TPSA) is 42.2 Å². The van der Waals surface area contributed by atoms with Gasteiger partial charge in [-0.1, -0.05) is 6.42 Å². The first-order chi connectivity index (χ1) is 8.29. The maximum Gasteiger partial charge on any atom is 0.186 e. The summed E-state index contributed by atoms with van der Waals surface area (Å²) in [6, 6.07) is 0.764. The van der Waals surface area contributed by atoms with Crippen molar-refractivity contribution >= 4 is 16.5 Å². The molecule has 2 heterocycles. The van der Waals surface area contributed by atoms with Gasteiger partial charge in [-0.25, -0.2) is 4.98 Å². The fourth-order valence-electron chi connectivity index (χ4n) is 3.42. The Hall–Kier alpha value is -0.610. The van der Waals surface area contributed by atoms with E-state index in [2.05, 4.69) is 11.8 Å². The van der Waals surface area contributed by atoms with Crippen LogP contribution in [0, 0.1) is 12.8 Å². The van der Waals surface area contributed by atoms with E-state index in [-0.39, 0.29) is 0 Å². The highest BCUT2D eigenvalue weighted by molar-refractivity contribution is 7.15. The number of fused-ring (bicyclic) bond motifs is 1. The van der Waals surface area contributed by atoms with Gasteiger partial charge in [-0.05, 0) is 38.5 Å². The van der Waals surface area contributed by atoms with Crippen molar-refractivity contribution in [2.24, 2.45) is 11.7 Å². The van der Waals surface area contributed by atoms with E-state index in [9.17, 15) is 0 Å². The van der Waals surface area contributed by atoms with Crippen LogP contribution >= 0.6 is 11.3 Å². The third kappa shape index (κ3) is 1.97. The van der Waals surface area contributed by atoms with Gasteiger partial charge in [0, 0.05) is 24.0 Å². The summed E-state index contributed by atoms with van der Waals surface area (Å²) in [5.74, 6) is 0.925. The van der Waals surface area contributed by atoms with Crippen LogP contribution in [-0.4, -0.2) is 17.6 Å². The summed E-state index contributed by atoms with van der Waals surface area (Å²) >= 11 is 1.80. The molecule has 17 heavy (non-hydrogen) atoms. The molecular weight excluding hydrogens is 230 g/mol. The van der Waals surface area contributed by atoms with E-state index in [1.54, 1.807) is 11.3 Å². The zero-order chi connectivity index (χ0) is 11.8. The normalized spacial score (nSPS) is 28.5. The highest BCUT2D eigenvalue weighted by Gasteiger charge is 2.36. The molecule has 0 spiro atoms. The van der Waals surface area contributed by atoms with Crippen molar-refractivity contribution in [3.63, 3.8) is 0 Å². The van der Waals surface area contributed by atoms with E-state index in [0.29, 0.717) is 6.54 Å². The van der Waals surface area contributed by atoms with E-state index in [0.717, 1.165) is 17.7 Å². The Bertz CT molecular complexity index is 401. The lowest BCUT2D eigenvalue weighted by atomic mass is 9.92. The van der Waals surface area contributed by atoms with Gasteiger partial charge >= 0.3 is 0 Å². The van der Waals surface area contributed by atoms with Crippen molar-refractivity contribution < 1.29 is 0 Å². The molecule has 4 heteroatoms. The van der Waals surface area contributed by atoms with Gasteiger partial charge in [0.15, 0.2) is 5.13 Å². The van der Waals surface area contributed by atoms with Crippen molar-refractivity contribution in [2.75, 3.05) is 11.4 Å². The van der Waals surface area contributed by atoms with Crippen LogP contribution in [0.2, 0.25) is 0 Å². The Morgan fingerprint density at radius 2 is 2.18 bits per heavy atom. The second-order valence-electron chi connectivity index (χ2n) is 5.30. The number of hydrogen-bond acceptors (Lipinski definition) is 4. The molecule has 1 aromatic heterocycles. The number of hydrogen-bond donors (Lipinski definition) is 1. The Morgan fingerprint density at radius 3 is 2.94 bits per heavy atom. The summed E-state index contributed by atoms with van der Waals surface area (Å²) in [5.41, 5.74) is 6.88. The molecule has 2 aliphatic rings. The fourth-order valence-corrected chi connectivity index (χ4v) is 4.44. The number of nitrogens with two attached hydrogens (primary N) is 1. The number of nitrogens with zero attached hydrogens (tertiary/aromatic N) is 2. The van der Waals surface area contributed by atoms with Crippen molar-refractivity contribution in [2.45, 2.75) is 51.6 Å². The first-order valence-electron chi connectivity index (χ1n) is 6.72. The van der Waals surface area contributed by atoms with E-state index >= 15 is 0 Å². The molecule has 1 aliphatic heterocycles. The first kappa shape index (κ1) is 11.5. The van der Waals surface area contributed by atoms with Crippen molar-refractivity contribution in [1.82, 2.24) is 4.98 Å². The van der Waals surface area contributed by atoms with Crippen molar-refractivity contribution in [3.8, 4) is 0 Å². The summed E-state index contributed by atoms with van der Waals surface area (Å²) in [6.07, 6.45) is 6.95. The molecule has 1 saturated carbocycles. The molecule has 2 unspecified atom stereocenters. The number of aromatic nitrogens is 1. The van der Waals surface area contributed by atoms with E-state index in [1.165, 1.54) is 48.7 Å². The predicted octanol–water partition coefficient (Wildman–Crippen LogP) is 2.68. The second-order valence-corrected chi connectivity index (χ2v) is 6.37. The van der Waals surface area contributed by atoms with Crippen molar-refractivity contribution in [1.29, 1.82) is 0 Å². The van der Waals surface area contributed by atoms with Crippen LogP contribution < -0.4 is 10.6 Å². The quantitative estimate of drug-likeness (QED) is 0.878. The van der Waals surface area contributed by atoms with Crippen LogP contribution in [-0.2, 0) is 6.54 Å². The van der Waals surface area contributed by atoms with Gasteiger partial charge in [-0.2, -0.15) is 0 Å². The zero-order valence-corrected chi connectivity index (χ0v) is 11.3. The number of rotatable bonds is 2. The summed E-state index contributed by atoms with van der Waals surface area (Å²) in [6.45, 7) is 3.90. The lowest BCUT2D eigenvalue weighted by molar-refractivity contribution is 0.362. The van der Waals surface area contributed by atoms with Crippen LogP contribution in [0.3, 0.4) is 0 Å².